The van der Waals surface area contributed by atoms with Gasteiger partial charge in [0.15, 0.2) is 0 Å². The normalized spacial score (nSPS) is 17.6. The van der Waals surface area contributed by atoms with Crippen molar-refractivity contribution in [2.45, 2.75) is 39.5 Å². The van der Waals surface area contributed by atoms with Crippen molar-refractivity contribution in [2.24, 2.45) is 5.41 Å². The van der Waals surface area contributed by atoms with E-state index in [1.807, 2.05) is 32.0 Å². The Kier molecular flexibility index (Phi) is 4.12. The van der Waals surface area contributed by atoms with Gasteiger partial charge in [0.05, 0.1) is 7.11 Å². The van der Waals surface area contributed by atoms with Crippen LogP contribution in [0.3, 0.4) is 0 Å². The number of amides is 1. The molecule has 1 aliphatic rings. The molecular weight excluding hydrogens is 254 g/mol. The van der Waals surface area contributed by atoms with Crippen molar-refractivity contribution >= 4 is 17.4 Å². The second kappa shape index (κ2) is 5.65. The summed E-state index contributed by atoms with van der Waals surface area (Å²) >= 11 is 0. The van der Waals surface area contributed by atoms with Gasteiger partial charge in [-0.1, -0.05) is 13.0 Å². The van der Waals surface area contributed by atoms with Gasteiger partial charge >= 0.3 is 0 Å². The number of rotatable bonds is 3. The minimum Gasteiger partial charge on any atom is -0.496 e. The maximum atomic E-state index is 12.4. The first kappa shape index (κ1) is 14.6. The fourth-order valence-corrected chi connectivity index (χ4v) is 2.49. The molecule has 1 N–H and O–H groups in total. The van der Waals surface area contributed by atoms with E-state index in [-0.39, 0.29) is 11.7 Å². The van der Waals surface area contributed by atoms with E-state index in [1.54, 1.807) is 7.11 Å². The Morgan fingerprint density at radius 2 is 1.95 bits per heavy atom. The second-order valence-electron chi connectivity index (χ2n) is 5.74. The van der Waals surface area contributed by atoms with Crippen molar-refractivity contribution in [3.8, 4) is 5.75 Å². The number of anilines is 1. The summed E-state index contributed by atoms with van der Waals surface area (Å²) in [7, 11) is 1.61. The molecule has 0 spiro atoms. The molecule has 2 rings (SSSR count). The smallest absolute Gasteiger partial charge is 0.230 e. The van der Waals surface area contributed by atoms with Crippen LogP contribution in [0.5, 0.6) is 5.75 Å². The number of ketones is 1. The molecule has 0 heterocycles. The average molecular weight is 275 g/mol. The standard InChI is InChI=1S/C16H21NO3/c1-11-4-5-12(10-14(11)20-3)17-15(19)16(2)8-6-13(18)7-9-16/h4-5,10H,6-9H2,1-3H3,(H,17,19). The summed E-state index contributed by atoms with van der Waals surface area (Å²) in [6.07, 6.45) is 2.25. The summed E-state index contributed by atoms with van der Waals surface area (Å²) in [5.41, 5.74) is 1.31. The van der Waals surface area contributed by atoms with Crippen molar-refractivity contribution in [1.82, 2.24) is 0 Å². The van der Waals surface area contributed by atoms with Crippen LogP contribution in [-0.2, 0) is 9.59 Å². The molecule has 0 radical (unpaired) electrons. The fraction of sp³-hybridized carbons (Fsp3) is 0.500. The van der Waals surface area contributed by atoms with Gasteiger partial charge in [0.2, 0.25) is 5.91 Å². The van der Waals surface area contributed by atoms with Crippen LogP contribution in [0.15, 0.2) is 18.2 Å². The van der Waals surface area contributed by atoms with Crippen LogP contribution in [-0.4, -0.2) is 18.8 Å². The zero-order valence-electron chi connectivity index (χ0n) is 12.3. The third-order valence-electron chi connectivity index (χ3n) is 4.13. The maximum absolute atomic E-state index is 12.4. The lowest BCUT2D eigenvalue weighted by molar-refractivity contribution is -0.130. The molecule has 1 fully saturated rings. The Morgan fingerprint density at radius 1 is 1.30 bits per heavy atom. The predicted molar refractivity (Wildman–Crippen MR) is 77.9 cm³/mol. The maximum Gasteiger partial charge on any atom is 0.230 e. The Morgan fingerprint density at radius 3 is 2.55 bits per heavy atom. The molecule has 0 bridgehead atoms. The summed E-state index contributed by atoms with van der Waals surface area (Å²) < 4.78 is 5.26. The largest absolute Gasteiger partial charge is 0.496 e. The Hall–Kier alpha value is -1.84. The van der Waals surface area contributed by atoms with Gasteiger partial charge in [0.1, 0.15) is 11.5 Å². The van der Waals surface area contributed by atoms with Gasteiger partial charge in [-0.15, -0.1) is 0 Å². The highest BCUT2D eigenvalue weighted by atomic mass is 16.5. The summed E-state index contributed by atoms with van der Waals surface area (Å²) in [4.78, 5) is 23.7. The highest BCUT2D eigenvalue weighted by Gasteiger charge is 2.36. The minimum absolute atomic E-state index is 0.0177. The quantitative estimate of drug-likeness (QED) is 0.922. The van der Waals surface area contributed by atoms with Crippen LogP contribution < -0.4 is 10.1 Å². The third-order valence-corrected chi connectivity index (χ3v) is 4.13. The molecule has 1 saturated carbocycles. The molecule has 1 aliphatic carbocycles. The Bertz CT molecular complexity index is 527. The molecule has 0 atom stereocenters. The minimum atomic E-state index is -0.452. The zero-order chi connectivity index (χ0) is 14.8. The van der Waals surface area contributed by atoms with Gasteiger partial charge < -0.3 is 10.1 Å². The van der Waals surface area contributed by atoms with Crippen LogP contribution in [0, 0.1) is 12.3 Å². The molecule has 1 amide bonds. The number of aryl methyl sites for hydroxylation is 1. The summed E-state index contributed by atoms with van der Waals surface area (Å²) in [6, 6.07) is 5.61. The lowest BCUT2D eigenvalue weighted by Crippen LogP contribution is -2.37. The van der Waals surface area contributed by atoms with Gasteiger partial charge in [-0.2, -0.15) is 0 Å². The number of carbonyl (C=O) groups excluding carboxylic acids is 2. The highest BCUT2D eigenvalue weighted by Crippen LogP contribution is 2.35. The number of benzene rings is 1. The van der Waals surface area contributed by atoms with Crippen molar-refractivity contribution < 1.29 is 14.3 Å². The molecule has 0 unspecified atom stereocenters. The van der Waals surface area contributed by atoms with Crippen molar-refractivity contribution in [1.29, 1.82) is 0 Å². The van der Waals surface area contributed by atoms with Gasteiger partial charge in [0.25, 0.3) is 0 Å². The van der Waals surface area contributed by atoms with Crippen molar-refractivity contribution in [3.05, 3.63) is 23.8 Å². The van der Waals surface area contributed by atoms with E-state index in [1.165, 1.54) is 0 Å². The van der Waals surface area contributed by atoms with E-state index in [0.29, 0.717) is 25.7 Å². The van der Waals surface area contributed by atoms with Crippen LogP contribution in [0.1, 0.15) is 38.2 Å². The van der Waals surface area contributed by atoms with Crippen LogP contribution in [0.4, 0.5) is 5.69 Å². The molecule has 0 saturated heterocycles. The zero-order valence-corrected chi connectivity index (χ0v) is 12.3. The van der Waals surface area contributed by atoms with E-state index in [2.05, 4.69) is 5.32 Å². The number of Topliss-reactive ketones (excluding diaryl/α,β-unsaturated/α-hetero) is 1. The number of nitrogens with one attached hydrogen (secondary N) is 1. The molecule has 1 aromatic rings. The molecule has 0 aliphatic heterocycles. The predicted octanol–water partition coefficient (Wildman–Crippen LogP) is 3.09. The molecule has 1 aromatic carbocycles. The number of ether oxygens (including phenoxy) is 1. The van der Waals surface area contributed by atoms with E-state index in [0.717, 1.165) is 17.0 Å². The van der Waals surface area contributed by atoms with Gasteiger partial charge in [-0.25, -0.2) is 0 Å². The SMILES string of the molecule is COc1cc(NC(=O)C2(C)CCC(=O)CC2)ccc1C. The number of methoxy groups -OCH3 is 1. The van der Waals surface area contributed by atoms with E-state index >= 15 is 0 Å². The lowest BCUT2D eigenvalue weighted by Gasteiger charge is -2.31. The van der Waals surface area contributed by atoms with Gasteiger partial charge in [-0.3, -0.25) is 9.59 Å². The molecule has 20 heavy (non-hydrogen) atoms. The summed E-state index contributed by atoms with van der Waals surface area (Å²) in [5, 5.41) is 2.94. The van der Waals surface area contributed by atoms with E-state index in [9.17, 15) is 9.59 Å². The molecule has 0 aromatic heterocycles. The molecule has 4 nitrogen and oxygen atoms in total. The average Bonchev–Trinajstić information content (AvgIpc) is 2.44. The summed E-state index contributed by atoms with van der Waals surface area (Å²) in [5.74, 6) is 0.995. The first-order chi connectivity index (χ1) is 9.44. The van der Waals surface area contributed by atoms with Gasteiger partial charge in [0, 0.05) is 30.0 Å². The number of carbonyl (C=O) groups is 2. The number of hydrogen-bond donors (Lipinski definition) is 1. The highest BCUT2D eigenvalue weighted by molar-refractivity contribution is 5.96. The first-order valence-electron chi connectivity index (χ1n) is 6.92. The van der Waals surface area contributed by atoms with Crippen molar-refractivity contribution in [3.63, 3.8) is 0 Å². The van der Waals surface area contributed by atoms with Crippen LogP contribution in [0.25, 0.3) is 0 Å². The molecule has 108 valence electrons. The topological polar surface area (TPSA) is 55.4 Å². The Labute approximate surface area is 119 Å². The van der Waals surface area contributed by atoms with Gasteiger partial charge in [-0.05, 0) is 31.4 Å². The number of hydrogen-bond acceptors (Lipinski definition) is 3. The third kappa shape index (κ3) is 3.00. The summed E-state index contributed by atoms with van der Waals surface area (Å²) in [6.45, 7) is 3.89. The monoisotopic (exact) mass is 275 g/mol. The lowest BCUT2D eigenvalue weighted by atomic mass is 9.74. The first-order valence-corrected chi connectivity index (χ1v) is 6.92. The Balaban J connectivity index is 2.09. The fourth-order valence-electron chi connectivity index (χ4n) is 2.49. The molecule has 4 heteroatoms. The van der Waals surface area contributed by atoms with Crippen LogP contribution in [0.2, 0.25) is 0 Å². The van der Waals surface area contributed by atoms with Crippen LogP contribution >= 0.6 is 0 Å². The van der Waals surface area contributed by atoms with Crippen molar-refractivity contribution in [2.75, 3.05) is 12.4 Å². The van der Waals surface area contributed by atoms with E-state index in [4.69, 9.17) is 4.74 Å². The molecular formula is C16H21NO3. The van der Waals surface area contributed by atoms with E-state index < -0.39 is 5.41 Å². The second-order valence-corrected chi connectivity index (χ2v) is 5.74.